The molecular formula is C36H40FN3O4S2. The number of anilines is 1. The fourth-order valence-electron chi connectivity index (χ4n) is 4.90. The van der Waals surface area contributed by atoms with Crippen LogP contribution in [0, 0.1) is 12.7 Å². The van der Waals surface area contributed by atoms with E-state index in [1.165, 1.54) is 40.9 Å². The Hall–Kier alpha value is -4.15. The lowest BCUT2D eigenvalue weighted by Crippen LogP contribution is -2.54. The van der Waals surface area contributed by atoms with Crippen molar-refractivity contribution in [2.45, 2.75) is 62.0 Å². The number of rotatable bonds is 14. The van der Waals surface area contributed by atoms with Gasteiger partial charge in [0.15, 0.2) is 0 Å². The van der Waals surface area contributed by atoms with E-state index < -0.39 is 34.3 Å². The van der Waals surface area contributed by atoms with Crippen LogP contribution < -0.4 is 9.62 Å². The Morgan fingerprint density at radius 1 is 0.870 bits per heavy atom. The molecule has 0 aliphatic heterocycles. The lowest BCUT2D eigenvalue weighted by molar-refractivity contribution is -0.140. The summed E-state index contributed by atoms with van der Waals surface area (Å²) >= 11 is 1.49. The Kier molecular flexibility index (Phi) is 12.0. The largest absolute Gasteiger partial charge is 0.352 e. The third kappa shape index (κ3) is 8.98. The van der Waals surface area contributed by atoms with Gasteiger partial charge in [-0.3, -0.25) is 13.9 Å². The Morgan fingerprint density at radius 2 is 1.50 bits per heavy atom. The van der Waals surface area contributed by atoms with Crippen LogP contribution in [0.15, 0.2) is 113 Å². The molecule has 0 aliphatic carbocycles. The van der Waals surface area contributed by atoms with E-state index >= 15 is 0 Å². The van der Waals surface area contributed by atoms with Crippen LogP contribution in [-0.4, -0.2) is 50.0 Å². The zero-order valence-electron chi connectivity index (χ0n) is 26.5. The zero-order chi connectivity index (χ0) is 33.3. The highest BCUT2D eigenvalue weighted by Gasteiger charge is 2.35. The monoisotopic (exact) mass is 661 g/mol. The summed E-state index contributed by atoms with van der Waals surface area (Å²) in [6, 6.07) is 27.3. The maximum atomic E-state index is 14.5. The first-order valence-corrected chi connectivity index (χ1v) is 17.8. The summed E-state index contributed by atoms with van der Waals surface area (Å²) < 4.78 is 43.3. The summed E-state index contributed by atoms with van der Waals surface area (Å²) in [6.07, 6.45) is 2.79. The van der Waals surface area contributed by atoms with Gasteiger partial charge in [0.1, 0.15) is 18.4 Å². The number of nitrogens with one attached hydrogen (secondary N) is 1. The van der Waals surface area contributed by atoms with Crippen molar-refractivity contribution in [3.8, 4) is 0 Å². The minimum atomic E-state index is -4.20. The normalized spacial score (nSPS) is 12.6. The second kappa shape index (κ2) is 15.9. The molecule has 0 aliphatic rings. The van der Waals surface area contributed by atoms with E-state index in [4.69, 9.17) is 0 Å². The molecule has 1 N–H and O–H groups in total. The molecule has 0 saturated heterocycles. The van der Waals surface area contributed by atoms with Gasteiger partial charge in [-0.15, -0.1) is 11.8 Å². The molecule has 0 heterocycles. The lowest BCUT2D eigenvalue weighted by Gasteiger charge is -2.34. The molecule has 0 fully saturated rings. The number of halogens is 1. The second-order valence-corrected chi connectivity index (χ2v) is 13.9. The number of carbonyl (C=O) groups is 2. The Morgan fingerprint density at radius 3 is 2.09 bits per heavy atom. The molecule has 0 spiro atoms. The summed E-state index contributed by atoms with van der Waals surface area (Å²) in [5.41, 5.74) is 2.68. The maximum Gasteiger partial charge on any atom is 0.264 e. The first kappa shape index (κ1) is 34.7. The van der Waals surface area contributed by atoms with E-state index in [-0.39, 0.29) is 29.8 Å². The highest BCUT2D eigenvalue weighted by atomic mass is 32.2. The van der Waals surface area contributed by atoms with Gasteiger partial charge in [0.2, 0.25) is 11.8 Å². The minimum absolute atomic E-state index is 0.0330. The second-order valence-electron chi connectivity index (χ2n) is 11.2. The number of hydrogen-bond donors (Lipinski definition) is 1. The smallest absolute Gasteiger partial charge is 0.264 e. The van der Waals surface area contributed by atoms with Crippen LogP contribution in [0.2, 0.25) is 0 Å². The predicted molar refractivity (Wildman–Crippen MR) is 183 cm³/mol. The third-order valence-corrected chi connectivity index (χ3v) is 10.3. The van der Waals surface area contributed by atoms with Gasteiger partial charge in [0.25, 0.3) is 10.0 Å². The average molecular weight is 662 g/mol. The van der Waals surface area contributed by atoms with Crippen LogP contribution in [0.4, 0.5) is 10.1 Å². The maximum absolute atomic E-state index is 14.5. The summed E-state index contributed by atoms with van der Waals surface area (Å²) in [4.78, 5) is 30.7. The Balaban J connectivity index is 1.80. The van der Waals surface area contributed by atoms with Crippen LogP contribution in [0.1, 0.15) is 37.0 Å². The fourth-order valence-corrected chi connectivity index (χ4v) is 6.72. The first-order valence-electron chi connectivity index (χ1n) is 15.1. The van der Waals surface area contributed by atoms with Crippen molar-refractivity contribution in [3.63, 3.8) is 0 Å². The molecule has 2 atom stereocenters. The molecule has 46 heavy (non-hydrogen) atoms. The minimum Gasteiger partial charge on any atom is -0.352 e. The molecular weight excluding hydrogens is 622 g/mol. The van der Waals surface area contributed by atoms with E-state index in [0.717, 1.165) is 20.3 Å². The highest BCUT2D eigenvalue weighted by Crippen LogP contribution is 2.27. The van der Waals surface area contributed by atoms with Gasteiger partial charge in [-0.25, -0.2) is 12.8 Å². The van der Waals surface area contributed by atoms with E-state index in [1.807, 2.05) is 57.4 Å². The van der Waals surface area contributed by atoms with E-state index in [0.29, 0.717) is 17.7 Å². The average Bonchev–Trinajstić information content (AvgIpc) is 3.06. The topological polar surface area (TPSA) is 86.8 Å². The van der Waals surface area contributed by atoms with Crippen molar-refractivity contribution in [1.29, 1.82) is 0 Å². The van der Waals surface area contributed by atoms with Crippen molar-refractivity contribution >= 4 is 39.3 Å². The van der Waals surface area contributed by atoms with Crippen molar-refractivity contribution in [2.75, 3.05) is 17.1 Å². The van der Waals surface area contributed by atoms with E-state index in [9.17, 15) is 22.4 Å². The molecule has 242 valence electrons. The number of sulfonamides is 1. The molecule has 10 heteroatoms. The first-order chi connectivity index (χ1) is 22.0. The molecule has 0 unspecified atom stereocenters. The molecule has 4 aromatic carbocycles. The number of carbonyl (C=O) groups excluding carboxylic acids is 2. The number of hydrogen-bond acceptors (Lipinski definition) is 5. The van der Waals surface area contributed by atoms with Gasteiger partial charge in [-0.2, -0.15) is 0 Å². The fraction of sp³-hybridized carbons (Fsp3) is 0.278. The van der Waals surface area contributed by atoms with Gasteiger partial charge in [0.05, 0.1) is 10.6 Å². The SMILES string of the molecule is CC[C@@H](C)NC(=O)[C@H](Cc1ccccc1)N(Cc1ccc(F)cc1)C(=O)CN(c1ccc(C)cc1)S(=O)(=O)c1ccc(SC)cc1. The Labute approximate surface area is 275 Å². The third-order valence-electron chi connectivity index (χ3n) is 7.79. The van der Waals surface area contributed by atoms with E-state index in [1.54, 1.807) is 48.5 Å². The molecule has 0 aromatic heterocycles. The van der Waals surface area contributed by atoms with Crippen molar-refractivity contribution < 1.29 is 22.4 Å². The molecule has 7 nitrogen and oxygen atoms in total. The lowest BCUT2D eigenvalue weighted by atomic mass is 10.0. The standard InChI is InChI=1S/C36H40FN3O4S2/c1-5-27(3)38-36(42)34(23-28-9-7-6-8-10-28)39(24-29-13-15-30(37)16-14-29)35(41)25-40(31-17-11-26(2)12-18-31)46(43,44)33-21-19-32(45-4)20-22-33/h6-22,27,34H,5,23-25H2,1-4H3,(H,38,42)/t27-,34+/m1/s1. The van der Waals surface area contributed by atoms with Gasteiger partial charge >= 0.3 is 0 Å². The number of aryl methyl sites for hydroxylation is 1. The van der Waals surface area contributed by atoms with Crippen LogP contribution in [0.3, 0.4) is 0 Å². The number of amides is 2. The molecule has 0 saturated carbocycles. The summed E-state index contributed by atoms with van der Waals surface area (Å²) in [6.45, 7) is 5.14. The molecule has 2 amide bonds. The molecule has 4 rings (SSSR count). The van der Waals surface area contributed by atoms with Crippen molar-refractivity contribution in [3.05, 3.63) is 126 Å². The molecule has 0 radical (unpaired) electrons. The molecule has 0 bridgehead atoms. The van der Waals surface area contributed by atoms with Crippen molar-refractivity contribution in [2.24, 2.45) is 0 Å². The number of nitrogens with zero attached hydrogens (tertiary/aromatic N) is 2. The highest BCUT2D eigenvalue weighted by molar-refractivity contribution is 7.98. The van der Waals surface area contributed by atoms with Gasteiger partial charge < -0.3 is 10.2 Å². The number of benzene rings is 4. The zero-order valence-corrected chi connectivity index (χ0v) is 28.2. The quantitative estimate of drug-likeness (QED) is 0.154. The van der Waals surface area contributed by atoms with Gasteiger partial charge in [-0.1, -0.05) is 67.1 Å². The molecule has 4 aromatic rings. The van der Waals surface area contributed by atoms with Crippen LogP contribution in [0.5, 0.6) is 0 Å². The predicted octanol–water partition coefficient (Wildman–Crippen LogP) is 6.61. The van der Waals surface area contributed by atoms with E-state index in [2.05, 4.69) is 5.32 Å². The summed E-state index contributed by atoms with van der Waals surface area (Å²) in [7, 11) is -4.20. The van der Waals surface area contributed by atoms with Gasteiger partial charge in [-0.05, 0) is 86.2 Å². The van der Waals surface area contributed by atoms with Crippen LogP contribution in [-0.2, 0) is 32.6 Å². The Bertz CT molecular complexity index is 1700. The number of thioether (sulfide) groups is 1. The summed E-state index contributed by atoms with van der Waals surface area (Å²) in [5.74, 6) is -1.36. The van der Waals surface area contributed by atoms with Crippen LogP contribution in [0.25, 0.3) is 0 Å². The van der Waals surface area contributed by atoms with Gasteiger partial charge in [0, 0.05) is 23.9 Å². The summed E-state index contributed by atoms with van der Waals surface area (Å²) in [5, 5.41) is 3.01. The van der Waals surface area contributed by atoms with Crippen molar-refractivity contribution in [1.82, 2.24) is 10.2 Å². The van der Waals surface area contributed by atoms with Crippen LogP contribution >= 0.6 is 11.8 Å².